The number of nitrogens with one attached hydrogen (secondary N) is 1. The van der Waals surface area contributed by atoms with Crippen LogP contribution in [0.1, 0.15) is 56.2 Å². The Kier molecular flexibility index (Phi) is 4.94. The van der Waals surface area contributed by atoms with E-state index in [2.05, 4.69) is 12.3 Å². The molecule has 0 amide bonds. The fourth-order valence-electron chi connectivity index (χ4n) is 3.40. The molecule has 3 unspecified atom stereocenters. The number of benzene rings is 1. The molecule has 0 aliphatic heterocycles. The van der Waals surface area contributed by atoms with E-state index in [0.717, 1.165) is 24.3 Å². The van der Waals surface area contributed by atoms with Crippen LogP contribution >= 0.6 is 0 Å². The average Bonchev–Trinajstić information content (AvgIpc) is 2.44. The van der Waals surface area contributed by atoms with Crippen molar-refractivity contribution in [3.8, 4) is 0 Å². The van der Waals surface area contributed by atoms with Crippen molar-refractivity contribution in [2.45, 2.75) is 52.0 Å². The highest BCUT2D eigenvalue weighted by Crippen LogP contribution is 2.38. The largest absolute Gasteiger partial charge is 0.271 e. The summed E-state index contributed by atoms with van der Waals surface area (Å²) in [6, 6.07) is 5.53. The highest BCUT2D eigenvalue weighted by atomic mass is 19.1. The zero-order valence-corrected chi connectivity index (χ0v) is 12.0. The molecule has 2 rings (SSSR count). The normalized spacial score (nSPS) is 25.3. The predicted molar refractivity (Wildman–Crippen MR) is 76.9 cm³/mol. The summed E-state index contributed by atoms with van der Waals surface area (Å²) in [5, 5.41) is 0. The van der Waals surface area contributed by atoms with E-state index in [1.165, 1.54) is 19.3 Å². The average molecular weight is 264 g/mol. The second kappa shape index (κ2) is 6.49. The minimum atomic E-state index is -0.107. The number of rotatable bonds is 4. The maximum absolute atomic E-state index is 14.3. The fraction of sp³-hybridized carbons (Fsp3) is 0.625. The first-order chi connectivity index (χ1) is 9.17. The van der Waals surface area contributed by atoms with Gasteiger partial charge in [-0.1, -0.05) is 44.4 Å². The SMILES string of the molecule is CCC1CCCC(C(NN)c2cccc(C)c2F)C1. The molecule has 1 aliphatic carbocycles. The molecule has 0 spiro atoms. The summed E-state index contributed by atoms with van der Waals surface area (Å²) < 4.78 is 14.3. The molecule has 0 aromatic heterocycles. The van der Waals surface area contributed by atoms with Crippen LogP contribution in [0.15, 0.2) is 18.2 Å². The van der Waals surface area contributed by atoms with Crippen LogP contribution in [0, 0.1) is 24.6 Å². The van der Waals surface area contributed by atoms with Crippen LogP contribution in [0.5, 0.6) is 0 Å². The van der Waals surface area contributed by atoms with Crippen LogP contribution in [0.25, 0.3) is 0 Å². The standard InChI is InChI=1S/C16H25FN2/c1-3-12-7-5-8-13(10-12)16(19-18)14-9-4-6-11(2)15(14)17/h4,6,9,12-13,16,19H,3,5,7-8,10,18H2,1-2H3. The lowest BCUT2D eigenvalue weighted by molar-refractivity contribution is 0.207. The Morgan fingerprint density at radius 3 is 2.89 bits per heavy atom. The molecular weight excluding hydrogens is 239 g/mol. The summed E-state index contributed by atoms with van der Waals surface area (Å²) in [6.07, 6.45) is 6.04. The van der Waals surface area contributed by atoms with Gasteiger partial charge in [0.05, 0.1) is 6.04 Å². The maximum atomic E-state index is 14.3. The molecule has 0 heterocycles. The number of halogens is 1. The molecule has 0 radical (unpaired) electrons. The van der Waals surface area contributed by atoms with Crippen molar-refractivity contribution in [1.82, 2.24) is 5.43 Å². The molecule has 1 aromatic carbocycles. The molecule has 3 N–H and O–H groups in total. The summed E-state index contributed by atoms with van der Waals surface area (Å²) in [5.74, 6) is 6.83. The minimum absolute atomic E-state index is 0.0609. The van der Waals surface area contributed by atoms with Crippen LogP contribution in [0.3, 0.4) is 0 Å². The van der Waals surface area contributed by atoms with E-state index in [1.807, 2.05) is 25.1 Å². The molecule has 2 nitrogen and oxygen atoms in total. The Morgan fingerprint density at radius 2 is 2.21 bits per heavy atom. The number of hydrogen-bond acceptors (Lipinski definition) is 2. The first-order valence-corrected chi connectivity index (χ1v) is 7.38. The minimum Gasteiger partial charge on any atom is -0.271 e. The Labute approximate surface area is 115 Å². The van der Waals surface area contributed by atoms with Crippen molar-refractivity contribution >= 4 is 0 Å². The molecule has 1 fully saturated rings. The van der Waals surface area contributed by atoms with Crippen LogP contribution < -0.4 is 11.3 Å². The summed E-state index contributed by atoms with van der Waals surface area (Å²) in [4.78, 5) is 0. The Bertz CT molecular complexity index is 419. The van der Waals surface area contributed by atoms with E-state index < -0.39 is 0 Å². The van der Waals surface area contributed by atoms with Crippen molar-refractivity contribution < 1.29 is 4.39 Å². The Balaban J connectivity index is 2.21. The van der Waals surface area contributed by atoms with E-state index in [0.29, 0.717) is 11.5 Å². The van der Waals surface area contributed by atoms with Gasteiger partial charge in [-0.3, -0.25) is 11.3 Å². The third-order valence-corrected chi connectivity index (χ3v) is 4.61. The van der Waals surface area contributed by atoms with Gasteiger partial charge in [-0.2, -0.15) is 0 Å². The van der Waals surface area contributed by atoms with E-state index >= 15 is 0 Å². The van der Waals surface area contributed by atoms with Crippen molar-refractivity contribution in [1.29, 1.82) is 0 Å². The van der Waals surface area contributed by atoms with Gasteiger partial charge in [0.1, 0.15) is 5.82 Å². The van der Waals surface area contributed by atoms with Crippen LogP contribution in [0.2, 0.25) is 0 Å². The van der Waals surface area contributed by atoms with Gasteiger partial charge in [0.25, 0.3) is 0 Å². The maximum Gasteiger partial charge on any atom is 0.130 e. The van der Waals surface area contributed by atoms with Gasteiger partial charge in [0.2, 0.25) is 0 Å². The summed E-state index contributed by atoms with van der Waals surface area (Å²) in [6.45, 7) is 4.05. The lowest BCUT2D eigenvalue weighted by Crippen LogP contribution is -2.36. The topological polar surface area (TPSA) is 38.0 Å². The molecule has 3 atom stereocenters. The fourth-order valence-corrected chi connectivity index (χ4v) is 3.40. The van der Waals surface area contributed by atoms with Gasteiger partial charge in [0, 0.05) is 5.56 Å². The van der Waals surface area contributed by atoms with Crippen molar-refractivity contribution in [2.75, 3.05) is 0 Å². The van der Waals surface area contributed by atoms with Crippen LogP contribution in [-0.2, 0) is 0 Å². The van der Waals surface area contributed by atoms with Crippen molar-refractivity contribution in [2.24, 2.45) is 17.7 Å². The summed E-state index contributed by atoms with van der Waals surface area (Å²) in [7, 11) is 0. The molecule has 19 heavy (non-hydrogen) atoms. The molecule has 0 saturated heterocycles. The second-order valence-corrected chi connectivity index (χ2v) is 5.82. The second-order valence-electron chi connectivity index (χ2n) is 5.82. The van der Waals surface area contributed by atoms with Gasteiger partial charge in [-0.25, -0.2) is 4.39 Å². The lowest BCUT2D eigenvalue weighted by atomic mass is 9.75. The molecule has 1 aromatic rings. The predicted octanol–water partition coefficient (Wildman–Crippen LogP) is 3.85. The van der Waals surface area contributed by atoms with Crippen LogP contribution in [-0.4, -0.2) is 0 Å². The van der Waals surface area contributed by atoms with E-state index in [4.69, 9.17) is 5.84 Å². The monoisotopic (exact) mass is 264 g/mol. The van der Waals surface area contributed by atoms with Gasteiger partial charge in [0.15, 0.2) is 0 Å². The third-order valence-electron chi connectivity index (χ3n) is 4.61. The highest BCUT2D eigenvalue weighted by molar-refractivity contribution is 5.28. The zero-order chi connectivity index (χ0) is 13.8. The Hall–Kier alpha value is -0.930. The van der Waals surface area contributed by atoms with Gasteiger partial charge in [-0.05, 0) is 37.2 Å². The number of nitrogens with two attached hydrogens (primary N) is 1. The van der Waals surface area contributed by atoms with Gasteiger partial charge >= 0.3 is 0 Å². The van der Waals surface area contributed by atoms with Crippen molar-refractivity contribution in [3.63, 3.8) is 0 Å². The first kappa shape index (κ1) is 14.5. The quantitative estimate of drug-likeness (QED) is 0.640. The Morgan fingerprint density at radius 1 is 1.42 bits per heavy atom. The number of hydrogen-bond donors (Lipinski definition) is 2. The molecule has 3 heteroatoms. The molecule has 106 valence electrons. The molecule has 1 saturated carbocycles. The van der Waals surface area contributed by atoms with Gasteiger partial charge in [-0.15, -0.1) is 0 Å². The molecular formula is C16H25FN2. The third kappa shape index (κ3) is 3.15. The molecule has 1 aliphatic rings. The first-order valence-electron chi connectivity index (χ1n) is 7.38. The number of hydrazine groups is 1. The van der Waals surface area contributed by atoms with E-state index in [9.17, 15) is 4.39 Å². The number of aryl methyl sites for hydroxylation is 1. The van der Waals surface area contributed by atoms with Crippen LogP contribution in [0.4, 0.5) is 4.39 Å². The van der Waals surface area contributed by atoms with E-state index in [1.54, 1.807) is 0 Å². The zero-order valence-electron chi connectivity index (χ0n) is 12.0. The lowest BCUT2D eigenvalue weighted by Gasteiger charge is -2.34. The summed E-state index contributed by atoms with van der Waals surface area (Å²) in [5.41, 5.74) is 4.28. The van der Waals surface area contributed by atoms with Gasteiger partial charge < -0.3 is 0 Å². The van der Waals surface area contributed by atoms with Crippen molar-refractivity contribution in [3.05, 3.63) is 35.1 Å². The highest BCUT2D eigenvalue weighted by Gasteiger charge is 2.29. The van der Waals surface area contributed by atoms with E-state index in [-0.39, 0.29) is 11.9 Å². The smallest absolute Gasteiger partial charge is 0.130 e. The molecule has 0 bridgehead atoms. The summed E-state index contributed by atoms with van der Waals surface area (Å²) >= 11 is 0.